The molecular formula is C18H17NO2. The average Bonchev–Trinajstić information content (AvgIpc) is 3.02. The Morgan fingerprint density at radius 3 is 2.29 bits per heavy atom. The van der Waals surface area contributed by atoms with Gasteiger partial charge in [0.2, 0.25) is 0 Å². The van der Waals surface area contributed by atoms with E-state index in [2.05, 4.69) is 24.3 Å². The molecule has 0 amide bonds. The summed E-state index contributed by atoms with van der Waals surface area (Å²) in [6.07, 6.45) is 1.64. The van der Waals surface area contributed by atoms with Gasteiger partial charge in [-0.05, 0) is 29.3 Å². The van der Waals surface area contributed by atoms with Crippen LogP contribution in [0.2, 0.25) is 0 Å². The Kier molecular flexibility index (Phi) is 4.03. The largest absolute Gasteiger partial charge is 0.486 e. The summed E-state index contributed by atoms with van der Waals surface area (Å²) in [4.78, 5) is 0. The van der Waals surface area contributed by atoms with Crippen LogP contribution in [0.25, 0.3) is 11.1 Å². The van der Waals surface area contributed by atoms with E-state index in [-0.39, 0.29) is 0 Å². The van der Waals surface area contributed by atoms with Gasteiger partial charge >= 0.3 is 0 Å². The van der Waals surface area contributed by atoms with Crippen LogP contribution < -0.4 is 10.5 Å². The van der Waals surface area contributed by atoms with Crippen LogP contribution >= 0.6 is 0 Å². The first-order valence-electron chi connectivity index (χ1n) is 6.90. The second kappa shape index (κ2) is 6.29. The smallest absolute Gasteiger partial charge is 0.146 e. The first-order chi connectivity index (χ1) is 10.4. The minimum Gasteiger partial charge on any atom is -0.486 e. The zero-order valence-corrected chi connectivity index (χ0v) is 11.7. The van der Waals surface area contributed by atoms with Crippen molar-refractivity contribution in [2.24, 2.45) is 5.73 Å². The zero-order chi connectivity index (χ0) is 14.5. The van der Waals surface area contributed by atoms with Gasteiger partial charge in [0.1, 0.15) is 18.1 Å². The Balaban J connectivity index is 1.68. The van der Waals surface area contributed by atoms with E-state index >= 15 is 0 Å². The molecule has 2 aromatic carbocycles. The molecule has 0 aliphatic heterocycles. The number of ether oxygens (including phenoxy) is 1. The molecule has 3 heteroatoms. The monoisotopic (exact) mass is 279 g/mol. The molecule has 0 radical (unpaired) electrons. The van der Waals surface area contributed by atoms with E-state index in [1.54, 1.807) is 6.26 Å². The van der Waals surface area contributed by atoms with E-state index in [0.29, 0.717) is 13.2 Å². The second-order valence-corrected chi connectivity index (χ2v) is 4.75. The summed E-state index contributed by atoms with van der Waals surface area (Å²) >= 11 is 0. The highest BCUT2D eigenvalue weighted by Gasteiger charge is 2.05. The highest BCUT2D eigenvalue weighted by atomic mass is 16.5. The van der Waals surface area contributed by atoms with Crippen LogP contribution in [0, 0.1) is 0 Å². The Morgan fingerprint density at radius 2 is 1.57 bits per heavy atom. The molecule has 1 aromatic heterocycles. The average molecular weight is 279 g/mol. The van der Waals surface area contributed by atoms with Gasteiger partial charge in [0, 0.05) is 12.1 Å². The summed E-state index contributed by atoms with van der Waals surface area (Å²) in [5.74, 6) is 1.60. The lowest BCUT2D eigenvalue weighted by atomic mass is 10.1. The molecule has 3 nitrogen and oxygen atoms in total. The molecule has 21 heavy (non-hydrogen) atoms. The van der Waals surface area contributed by atoms with Crippen molar-refractivity contribution in [1.82, 2.24) is 0 Å². The molecule has 3 aromatic rings. The Labute approximate surface area is 124 Å². The number of hydrogen-bond acceptors (Lipinski definition) is 3. The molecule has 0 aliphatic carbocycles. The maximum absolute atomic E-state index is 5.73. The fourth-order valence-corrected chi connectivity index (χ4v) is 2.20. The molecule has 106 valence electrons. The fourth-order valence-electron chi connectivity index (χ4n) is 2.20. The summed E-state index contributed by atoms with van der Waals surface area (Å²) in [6.45, 7) is 0.854. The summed E-state index contributed by atoms with van der Waals surface area (Å²) in [5, 5.41) is 0. The van der Waals surface area contributed by atoms with Crippen LogP contribution in [0.4, 0.5) is 0 Å². The standard InChI is InChI=1S/C18H17NO2/c19-12-16-10-11-20-18(16)13-21-17-8-6-15(7-9-17)14-4-2-1-3-5-14/h1-11H,12-13,19H2. The van der Waals surface area contributed by atoms with E-state index in [1.165, 1.54) is 11.1 Å². The minimum atomic E-state index is 0.393. The second-order valence-electron chi connectivity index (χ2n) is 4.75. The van der Waals surface area contributed by atoms with Gasteiger partial charge < -0.3 is 14.9 Å². The number of benzene rings is 2. The maximum atomic E-state index is 5.73. The molecular weight excluding hydrogens is 262 g/mol. The molecule has 0 atom stereocenters. The van der Waals surface area contributed by atoms with Crippen molar-refractivity contribution in [3.05, 3.63) is 78.3 Å². The number of nitrogens with two attached hydrogens (primary N) is 1. The van der Waals surface area contributed by atoms with Gasteiger partial charge in [-0.15, -0.1) is 0 Å². The topological polar surface area (TPSA) is 48.4 Å². The molecule has 0 fully saturated rings. The van der Waals surface area contributed by atoms with Gasteiger partial charge in [-0.1, -0.05) is 42.5 Å². The Bertz CT molecular complexity index is 687. The zero-order valence-electron chi connectivity index (χ0n) is 11.7. The highest BCUT2D eigenvalue weighted by Crippen LogP contribution is 2.23. The molecule has 3 rings (SSSR count). The summed E-state index contributed by atoms with van der Waals surface area (Å²) < 4.78 is 11.1. The van der Waals surface area contributed by atoms with Crippen LogP contribution in [0.15, 0.2) is 71.3 Å². The molecule has 0 spiro atoms. The van der Waals surface area contributed by atoms with Gasteiger partial charge in [-0.25, -0.2) is 0 Å². The van der Waals surface area contributed by atoms with E-state index in [9.17, 15) is 0 Å². The van der Waals surface area contributed by atoms with Crippen molar-refractivity contribution in [2.75, 3.05) is 0 Å². The molecule has 2 N–H and O–H groups in total. The summed E-state index contributed by atoms with van der Waals surface area (Å²) in [5.41, 5.74) is 8.98. The fraction of sp³-hybridized carbons (Fsp3) is 0.111. The third-order valence-electron chi connectivity index (χ3n) is 3.39. The van der Waals surface area contributed by atoms with E-state index in [0.717, 1.165) is 17.1 Å². The van der Waals surface area contributed by atoms with Gasteiger partial charge in [0.15, 0.2) is 0 Å². The number of furan rings is 1. The van der Waals surface area contributed by atoms with Crippen LogP contribution in [-0.4, -0.2) is 0 Å². The normalized spacial score (nSPS) is 10.5. The van der Waals surface area contributed by atoms with Gasteiger partial charge in [-0.2, -0.15) is 0 Å². The van der Waals surface area contributed by atoms with E-state index < -0.39 is 0 Å². The Hall–Kier alpha value is -2.52. The van der Waals surface area contributed by atoms with Crippen molar-refractivity contribution in [3.63, 3.8) is 0 Å². The number of rotatable bonds is 5. The van der Waals surface area contributed by atoms with Crippen LogP contribution in [-0.2, 0) is 13.2 Å². The van der Waals surface area contributed by atoms with Crippen molar-refractivity contribution in [2.45, 2.75) is 13.2 Å². The van der Waals surface area contributed by atoms with Gasteiger partial charge in [0.25, 0.3) is 0 Å². The lowest BCUT2D eigenvalue weighted by Gasteiger charge is -2.07. The predicted octanol–water partition coefficient (Wildman–Crippen LogP) is 3.98. The number of hydrogen-bond donors (Lipinski definition) is 1. The highest BCUT2D eigenvalue weighted by molar-refractivity contribution is 5.63. The lowest BCUT2D eigenvalue weighted by Crippen LogP contribution is -2.01. The maximum Gasteiger partial charge on any atom is 0.146 e. The van der Waals surface area contributed by atoms with Crippen LogP contribution in [0.5, 0.6) is 5.75 Å². The molecule has 0 aliphatic rings. The van der Waals surface area contributed by atoms with Crippen LogP contribution in [0.1, 0.15) is 11.3 Å². The first kappa shape index (κ1) is 13.5. The van der Waals surface area contributed by atoms with Gasteiger partial charge in [-0.3, -0.25) is 0 Å². The van der Waals surface area contributed by atoms with E-state index in [4.69, 9.17) is 14.9 Å². The lowest BCUT2D eigenvalue weighted by molar-refractivity contribution is 0.268. The SMILES string of the molecule is NCc1ccoc1COc1ccc(-c2ccccc2)cc1. The molecule has 0 unspecified atom stereocenters. The van der Waals surface area contributed by atoms with Crippen molar-refractivity contribution < 1.29 is 9.15 Å². The summed E-state index contributed by atoms with van der Waals surface area (Å²) in [7, 11) is 0. The molecule has 0 bridgehead atoms. The minimum absolute atomic E-state index is 0.393. The molecule has 0 saturated carbocycles. The Morgan fingerprint density at radius 1 is 0.857 bits per heavy atom. The third kappa shape index (κ3) is 3.15. The quantitative estimate of drug-likeness (QED) is 0.768. The predicted molar refractivity (Wildman–Crippen MR) is 82.8 cm³/mol. The van der Waals surface area contributed by atoms with Crippen molar-refractivity contribution in [3.8, 4) is 16.9 Å². The first-order valence-corrected chi connectivity index (χ1v) is 6.90. The third-order valence-corrected chi connectivity index (χ3v) is 3.39. The van der Waals surface area contributed by atoms with Crippen molar-refractivity contribution in [1.29, 1.82) is 0 Å². The van der Waals surface area contributed by atoms with Crippen molar-refractivity contribution >= 4 is 0 Å². The molecule has 1 heterocycles. The summed E-state index contributed by atoms with van der Waals surface area (Å²) in [6, 6.07) is 20.2. The van der Waals surface area contributed by atoms with E-state index in [1.807, 2.05) is 36.4 Å². The van der Waals surface area contributed by atoms with Gasteiger partial charge in [0.05, 0.1) is 6.26 Å². The molecule has 0 saturated heterocycles. The van der Waals surface area contributed by atoms with Crippen LogP contribution in [0.3, 0.4) is 0 Å².